The quantitative estimate of drug-likeness (QED) is 0.558. The molecule has 144 valence electrons. The van der Waals surface area contributed by atoms with E-state index in [9.17, 15) is 16.8 Å². The number of hydrogen-bond acceptors (Lipinski definition) is 6. The van der Waals surface area contributed by atoms with E-state index in [0.29, 0.717) is 27.8 Å². The van der Waals surface area contributed by atoms with Gasteiger partial charge in [-0.25, -0.2) is 16.8 Å². The first kappa shape index (κ1) is 20.3. The Bertz CT molecular complexity index is 1060. The Hall–Kier alpha value is -1.48. The van der Waals surface area contributed by atoms with E-state index < -0.39 is 19.7 Å². The molecule has 0 unspecified atom stereocenters. The van der Waals surface area contributed by atoms with E-state index in [-0.39, 0.29) is 21.3 Å². The summed E-state index contributed by atoms with van der Waals surface area (Å²) in [5.74, 6) is -0.267. The molecule has 1 aromatic carbocycles. The lowest BCUT2D eigenvalue weighted by Gasteiger charge is -2.17. The highest BCUT2D eigenvalue weighted by Gasteiger charge is 2.28. The summed E-state index contributed by atoms with van der Waals surface area (Å²) >= 11 is 2.87. The summed E-state index contributed by atoms with van der Waals surface area (Å²) < 4.78 is 52.2. The van der Waals surface area contributed by atoms with Crippen molar-refractivity contribution in [3.05, 3.63) is 67.5 Å². The van der Waals surface area contributed by atoms with Gasteiger partial charge in [-0.2, -0.15) is 22.7 Å². The van der Waals surface area contributed by atoms with Gasteiger partial charge in [-0.3, -0.25) is 0 Å². The third-order valence-corrected chi connectivity index (χ3v) is 9.72. The second-order valence-corrected chi connectivity index (χ2v) is 12.0. The van der Waals surface area contributed by atoms with Crippen LogP contribution in [0.4, 0.5) is 0 Å². The molecule has 0 atom stereocenters. The summed E-state index contributed by atoms with van der Waals surface area (Å²) in [6, 6.07) is 5.21. The molecule has 0 aliphatic rings. The molecule has 0 aliphatic heterocycles. The lowest BCUT2D eigenvalue weighted by Crippen LogP contribution is -2.15. The standard InChI is InChI=1S/C19H20O4S4/c1-13-8-14(2)19(27(22,23)12-17-5-7-25-10-17)15(3)18(13)26(20,21)11-16-4-6-24-9-16/h4-10H,11-12H2,1-3H3. The third-order valence-electron chi connectivity index (χ3n) is 4.33. The van der Waals surface area contributed by atoms with Crippen molar-refractivity contribution in [2.45, 2.75) is 42.1 Å². The Kier molecular flexibility index (Phi) is 5.63. The average molecular weight is 441 g/mol. The van der Waals surface area contributed by atoms with Gasteiger partial charge in [0.05, 0.1) is 21.3 Å². The average Bonchev–Trinajstić information content (AvgIpc) is 3.18. The molecule has 0 saturated carbocycles. The predicted molar refractivity (Wildman–Crippen MR) is 111 cm³/mol. The number of aryl methyl sites for hydroxylation is 2. The lowest BCUT2D eigenvalue weighted by atomic mass is 10.1. The fourth-order valence-electron chi connectivity index (χ4n) is 3.44. The molecular weight excluding hydrogens is 420 g/mol. The molecular formula is C19H20O4S4. The summed E-state index contributed by atoms with van der Waals surface area (Å²) in [7, 11) is -7.32. The van der Waals surface area contributed by atoms with Gasteiger partial charge in [0, 0.05) is 0 Å². The SMILES string of the molecule is Cc1cc(C)c(S(=O)(=O)Cc2ccsc2)c(C)c1S(=O)(=O)Cc1ccsc1. The van der Waals surface area contributed by atoms with Gasteiger partial charge in [0.2, 0.25) is 0 Å². The Balaban J connectivity index is 2.13. The van der Waals surface area contributed by atoms with Crippen molar-refractivity contribution in [2.75, 3.05) is 0 Å². The monoisotopic (exact) mass is 440 g/mol. The molecule has 27 heavy (non-hydrogen) atoms. The maximum atomic E-state index is 13.1. The van der Waals surface area contributed by atoms with Crippen LogP contribution in [0.2, 0.25) is 0 Å². The summed E-state index contributed by atoms with van der Waals surface area (Å²) in [6.07, 6.45) is 0. The number of rotatable bonds is 6. The maximum Gasteiger partial charge on any atom is 0.183 e. The largest absolute Gasteiger partial charge is 0.223 e. The Labute approximate surface area is 168 Å². The number of sulfone groups is 2. The first-order valence-electron chi connectivity index (χ1n) is 8.20. The molecule has 0 N–H and O–H groups in total. The minimum Gasteiger partial charge on any atom is -0.223 e. The van der Waals surface area contributed by atoms with Gasteiger partial charge in [-0.15, -0.1) is 0 Å². The van der Waals surface area contributed by atoms with Crippen molar-refractivity contribution in [1.29, 1.82) is 0 Å². The van der Waals surface area contributed by atoms with Crippen LogP contribution in [-0.4, -0.2) is 16.8 Å². The zero-order valence-corrected chi connectivity index (χ0v) is 18.5. The van der Waals surface area contributed by atoms with Crippen LogP contribution >= 0.6 is 22.7 Å². The van der Waals surface area contributed by atoms with Crippen molar-refractivity contribution in [3.63, 3.8) is 0 Å². The molecule has 2 aromatic heterocycles. The highest BCUT2D eigenvalue weighted by Crippen LogP contribution is 2.33. The minimum atomic E-state index is -3.66. The van der Waals surface area contributed by atoms with Gasteiger partial charge in [-0.05, 0) is 82.2 Å². The molecule has 0 bridgehead atoms. The van der Waals surface area contributed by atoms with Gasteiger partial charge < -0.3 is 0 Å². The first-order valence-corrected chi connectivity index (χ1v) is 13.4. The second kappa shape index (κ2) is 7.50. The molecule has 3 aromatic rings. The van der Waals surface area contributed by atoms with Gasteiger partial charge in [0.25, 0.3) is 0 Å². The van der Waals surface area contributed by atoms with E-state index in [4.69, 9.17) is 0 Å². The Morgan fingerprint density at radius 3 is 1.48 bits per heavy atom. The summed E-state index contributed by atoms with van der Waals surface area (Å²) in [6.45, 7) is 5.03. The highest BCUT2D eigenvalue weighted by atomic mass is 32.2. The number of benzene rings is 1. The summed E-state index contributed by atoms with van der Waals surface area (Å²) in [5.41, 5.74) is 2.89. The van der Waals surface area contributed by atoms with E-state index in [2.05, 4.69) is 0 Å². The lowest BCUT2D eigenvalue weighted by molar-refractivity contribution is 0.591. The normalized spacial score (nSPS) is 12.4. The first-order chi connectivity index (χ1) is 12.6. The smallest absolute Gasteiger partial charge is 0.183 e. The van der Waals surface area contributed by atoms with Crippen LogP contribution < -0.4 is 0 Å². The highest BCUT2D eigenvalue weighted by molar-refractivity contribution is 7.91. The van der Waals surface area contributed by atoms with Crippen molar-refractivity contribution in [2.24, 2.45) is 0 Å². The van der Waals surface area contributed by atoms with E-state index in [1.54, 1.807) is 49.7 Å². The van der Waals surface area contributed by atoms with Crippen molar-refractivity contribution in [1.82, 2.24) is 0 Å². The molecule has 0 fully saturated rings. The number of thiophene rings is 2. The van der Waals surface area contributed by atoms with Gasteiger partial charge in [0.15, 0.2) is 19.7 Å². The molecule has 0 aliphatic carbocycles. The summed E-state index contributed by atoms with van der Waals surface area (Å²) in [4.78, 5) is 0.256. The van der Waals surface area contributed by atoms with Gasteiger partial charge >= 0.3 is 0 Å². The van der Waals surface area contributed by atoms with E-state index in [1.807, 2.05) is 10.8 Å². The topological polar surface area (TPSA) is 68.3 Å². The molecule has 3 rings (SSSR count). The Morgan fingerprint density at radius 2 is 1.15 bits per heavy atom. The van der Waals surface area contributed by atoms with Crippen LogP contribution in [0, 0.1) is 20.8 Å². The molecule has 0 saturated heterocycles. The van der Waals surface area contributed by atoms with Crippen molar-refractivity contribution < 1.29 is 16.8 Å². The van der Waals surface area contributed by atoms with Crippen LogP contribution in [0.3, 0.4) is 0 Å². The van der Waals surface area contributed by atoms with Crippen molar-refractivity contribution in [3.8, 4) is 0 Å². The molecule has 4 nitrogen and oxygen atoms in total. The molecule has 0 spiro atoms. The maximum absolute atomic E-state index is 13.1. The molecule has 0 radical (unpaired) electrons. The van der Waals surface area contributed by atoms with Crippen molar-refractivity contribution >= 4 is 42.3 Å². The van der Waals surface area contributed by atoms with Crippen LogP contribution in [0.15, 0.2) is 49.5 Å². The zero-order chi connectivity index (χ0) is 19.8. The molecule has 2 heterocycles. The van der Waals surface area contributed by atoms with Gasteiger partial charge in [-0.1, -0.05) is 6.07 Å². The van der Waals surface area contributed by atoms with Crippen LogP contribution in [0.5, 0.6) is 0 Å². The molecule has 8 heteroatoms. The molecule has 0 amide bonds. The van der Waals surface area contributed by atoms with Crippen LogP contribution in [0.1, 0.15) is 27.8 Å². The summed E-state index contributed by atoms with van der Waals surface area (Å²) in [5, 5.41) is 7.25. The van der Waals surface area contributed by atoms with Gasteiger partial charge in [0.1, 0.15) is 0 Å². The third kappa shape index (κ3) is 4.18. The second-order valence-electron chi connectivity index (χ2n) is 6.57. The van der Waals surface area contributed by atoms with E-state index in [0.717, 1.165) is 0 Å². The van der Waals surface area contributed by atoms with Crippen LogP contribution in [-0.2, 0) is 31.2 Å². The van der Waals surface area contributed by atoms with E-state index in [1.165, 1.54) is 22.7 Å². The fourth-order valence-corrected chi connectivity index (χ4v) is 8.81. The predicted octanol–water partition coefficient (Wildman–Crippen LogP) is 4.68. The Morgan fingerprint density at radius 1 is 0.741 bits per heavy atom. The number of hydrogen-bond donors (Lipinski definition) is 0. The fraction of sp³-hybridized carbons (Fsp3) is 0.263. The van der Waals surface area contributed by atoms with E-state index >= 15 is 0 Å². The minimum absolute atomic E-state index is 0.128. The van der Waals surface area contributed by atoms with Crippen LogP contribution in [0.25, 0.3) is 0 Å². The zero-order valence-electron chi connectivity index (χ0n) is 15.2.